The first-order chi connectivity index (χ1) is 9.26. The molecule has 0 radical (unpaired) electrons. The highest BCUT2D eigenvalue weighted by Crippen LogP contribution is 2.38. The number of carbonyl (C=O) groups excluding carboxylic acids is 1. The molecule has 0 atom stereocenters. The normalized spacial score (nSPS) is 27.0. The molecule has 0 aliphatic heterocycles. The van der Waals surface area contributed by atoms with E-state index >= 15 is 0 Å². The van der Waals surface area contributed by atoms with Gasteiger partial charge >= 0.3 is 6.16 Å². The molecule has 2 fully saturated rings. The molecule has 0 aromatic carbocycles. The SMILES string of the molecule is CC1(C)CCC(OC(=O)OC2CCC(C)(C)CC2)CC1. The van der Waals surface area contributed by atoms with Crippen molar-refractivity contribution in [2.24, 2.45) is 10.8 Å². The van der Waals surface area contributed by atoms with Crippen LogP contribution in [-0.4, -0.2) is 18.4 Å². The zero-order valence-corrected chi connectivity index (χ0v) is 13.5. The molecule has 0 spiro atoms. The minimum Gasteiger partial charge on any atom is -0.431 e. The Bertz CT molecular complexity index is 294. The van der Waals surface area contributed by atoms with Gasteiger partial charge in [-0.2, -0.15) is 0 Å². The second-order valence-corrected chi connectivity index (χ2v) is 8.21. The monoisotopic (exact) mass is 282 g/mol. The standard InChI is InChI=1S/C17H30O3/c1-16(2)9-5-13(6-10-16)19-15(18)20-14-7-11-17(3,4)12-8-14/h13-14H,5-12H2,1-4H3. The van der Waals surface area contributed by atoms with E-state index < -0.39 is 6.16 Å². The van der Waals surface area contributed by atoms with Gasteiger partial charge in [-0.15, -0.1) is 0 Å². The molecule has 0 aromatic rings. The molecule has 20 heavy (non-hydrogen) atoms. The Balaban J connectivity index is 1.69. The van der Waals surface area contributed by atoms with E-state index in [-0.39, 0.29) is 12.2 Å². The van der Waals surface area contributed by atoms with Crippen LogP contribution in [0.5, 0.6) is 0 Å². The van der Waals surface area contributed by atoms with E-state index in [0.29, 0.717) is 10.8 Å². The van der Waals surface area contributed by atoms with Crippen molar-refractivity contribution in [1.29, 1.82) is 0 Å². The fraction of sp³-hybridized carbons (Fsp3) is 0.941. The van der Waals surface area contributed by atoms with Gasteiger partial charge in [-0.1, -0.05) is 27.7 Å². The first-order valence-electron chi connectivity index (χ1n) is 8.13. The lowest BCUT2D eigenvalue weighted by Crippen LogP contribution is -2.32. The first kappa shape index (κ1) is 15.7. The maximum Gasteiger partial charge on any atom is 0.508 e. The lowest BCUT2D eigenvalue weighted by Gasteiger charge is -2.35. The minimum absolute atomic E-state index is 0.0653. The predicted molar refractivity (Wildman–Crippen MR) is 79.6 cm³/mol. The molecule has 0 aromatic heterocycles. The minimum atomic E-state index is -0.445. The summed E-state index contributed by atoms with van der Waals surface area (Å²) < 4.78 is 11.0. The smallest absolute Gasteiger partial charge is 0.431 e. The van der Waals surface area contributed by atoms with Crippen LogP contribution in [0, 0.1) is 10.8 Å². The zero-order valence-electron chi connectivity index (χ0n) is 13.5. The number of carbonyl (C=O) groups is 1. The summed E-state index contributed by atoms with van der Waals surface area (Å²) in [5.41, 5.74) is 0.803. The van der Waals surface area contributed by atoms with Crippen LogP contribution in [0.4, 0.5) is 4.79 Å². The molecule has 2 rings (SSSR count). The van der Waals surface area contributed by atoms with E-state index in [1.165, 1.54) is 0 Å². The second-order valence-electron chi connectivity index (χ2n) is 8.21. The van der Waals surface area contributed by atoms with Gasteiger partial charge in [-0.05, 0) is 62.2 Å². The number of ether oxygens (including phenoxy) is 2. The topological polar surface area (TPSA) is 35.5 Å². The van der Waals surface area contributed by atoms with Crippen LogP contribution in [0.1, 0.15) is 79.1 Å². The molecule has 0 unspecified atom stereocenters. The third-order valence-corrected chi connectivity index (χ3v) is 5.10. The van der Waals surface area contributed by atoms with E-state index in [1.54, 1.807) is 0 Å². The summed E-state index contributed by atoms with van der Waals surface area (Å²) in [6.07, 6.45) is 8.08. The molecule has 2 aliphatic rings. The van der Waals surface area contributed by atoms with Crippen molar-refractivity contribution in [3.63, 3.8) is 0 Å². The molecule has 0 heterocycles. The largest absolute Gasteiger partial charge is 0.508 e. The molecule has 0 N–H and O–H groups in total. The maximum atomic E-state index is 11.9. The summed E-state index contributed by atoms with van der Waals surface area (Å²) in [5, 5.41) is 0. The van der Waals surface area contributed by atoms with E-state index in [2.05, 4.69) is 27.7 Å². The van der Waals surface area contributed by atoms with E-state index in [1.807, 2.05) is 0 Å². The van der Waals surface area contributed by atoms with E-state index in [9.17, 15) is 4.79 Å². The van der Waals surface area contributed by atoms with Crippen molar-refractivity contribution in [2.45, 2.75) is 91.3 Å². The molecule has 2 saturated carbocycles. The summed E-state index contributed by atoms with van der Waals surface area (Å²) in [4.78, 5) is 11.9. The summed E-state index contributed by atoms with van der Waals surface area (Å²) >= 11 is 0. The number of rotatable bonds is 2. The van der Waals surface area contributed by atoms with Gasteiger partial charge in [-0.3, -0.25) is 0 Å². The van der Waals surface area contributed by atoms with Crippen LogP contribution in [0.2, 0.25) is 0 Å². The molecule has 3 nitrogen and oxygen atoms in total. The second kappa shape index (κ2) is 5.95. The Morgan fingerprint density at radius 2 is 1.05 bits per heavy atom. The first-order valence-corrected chi connectivity index (χ1v) is 8.13. The quantitative estimate of drug-likeness (QED) is 0.663. The molecule has 0 saturated heterocycles. The van der Waals surface area contributed by atoms with Gasteiger partial charge in [0.1, 0.15) is 12.2 Å². The third-order valence-electron chi connectivity index (χ3n) is 5.10. The molecule has 0 bridgehead atoms. The van der Waals surface area contributed by atoms with Crippen molar-refractivity contribution >= 4 is 6.16 Å². The third kappa shape index (κ3) is 4.68. The average molecular weight is 282 g/mol. The predicted octanol–water partition coefficient (Wildman–Crippen LogP) is 5.08. The van der Waals surface area contributed by atoms with Crippen molar-refractivity contribution in [1.82, 2.24) is 0 Å². The lowest BCUT2D eigenvalue weighted by atomic mass is 9.76. The molecule has 0 amide bonds. The van der Waals surface area contributed by atoms with Crippen molar-refractivity contribution in [3.05, 3.63) is 0 Å². The summed E-state index contributed by atoms with van der Waals surface area (Å²) in [5.74, 6) is 0. The van der Waals surface area contributed by atoms with Crippen molar-refractivity contribution in [2.75, 3.05) is 0 Å². The molecule has 116 valence electrons. The average Bonchev–Trinajstić information content (AvgIpc) is 2.35. The summed E-state index contributed by atoms with van der Waals surface area (Å²) in [7, 11) is 0. The lowest BCUT2D eigenvalue weighted by molar-refractivity contribution is -0.0349. The van der Waals surface area contributed by atoms with E-state index in [0.717, 1.165) is 51.4 Å². The molecular weight excluding hydrogens is 252 g/mol. The van der Waals surface area contributed by atoms with E-state index in [4.69, 9.17) is 9.47 Å². The van der Waals surface area contributed by atoms with Crippen LogP contribution < -0.4 is 0 Å². The van der Waals surface area contributed by atoms with Gasteiger partial charge in [0, 0.05) is 0 Å². The van der Waals surface area contributed by atoms with Gasteiger partial charge < -0.3 is 9.47 Å². The van der Waals surface area contributed by atoms with Gasteiger partial charge in [0.2, 0.25) is 0 Å². The van der Waals surface area contributed by atoms with Crippen LogP contribution in [0.25, 0.3) is 0 Å². The van der Waals surface area contributed by atoms with Crippen LogP contribution in [0.15, 0.2) is 0 Å². The maximum absolute atomic E-state index is 11.9. The van der Waals surface area contributed by atoms with Crippen LogP contribution in [-0.2, 0) is 9.47 Å². The highest BCUT2D eigenvalue weighted by molar-refractivity contribution is 5.60. The Hall–Kier alpha value is -0.730. The molecule has 2 aliphatic carbocycles. The summed E-state index contributed by atoms with van der Waals surface area (Å²) in [6, 6.07) is 0. The Morgan fingerprint density at radius 1 is 0.750 bits per heavy atom. The Labute approximate surface area is 123 Å². The highest BCUT2D eigenvalue weighted by atomic mass is 16.7. The Morgan fingerprint density at radius 3 is 1.35 bits per heavy atom. The molecular formula is C17H30O3. The van der Waals surface area contributed by atoms with Crippen molar-refractivity contribution in [3.8, 4) is 0 Å². The van der Waals surface area contributed by atoms with Gasteiger partial charge in [0.05, 0.1) is 0 Å². The van der Waals surface area contributed by atoms with Crippen molar-refractivity contribution < 1.29 is 14.3 Å². The number of hydrogen-bond donors (Lipinski definition) is 0. The van der Waals surface area contributed by atoms with Crippen LogP contribution in [0.3, 0.4) is 0 Å². The fourth-order valence-electron chi connectivity index (χ4n) is 3.28. The molecule has 3 heteroatoms. The zero-order chi connectivity index (χ0) is 14.8. The van der Waals surface area contributed by atoms with Gasteiger partial charge in [-0.25, -0.2) is 4.79 Å². The van der Waals surface area contributed by atoms with Crippen LogP contribution >= 0.6 is 0 Å². The number of hydrogen-bond acceptors (Lipinski definition) is 3. The van der Waals surface area contributed by atoms with Gasteiger partial charge in [0.25, 0.3) is 0 Å². The highest BCUT2D eigenvalue weighted by Gasteiger charge is 2.32. The fourth-order valence-corrected chi connectivity index (χ4v) is 3.28. The summed E-state index contributed by atoms with van der Waals surface area (Å²) in [6.45, 7) is 9.13. The van der Waals surface area contributed by atoms with Gasteiger partial charge in [0.15, 0.2) is 0 Å². The Kier molecular flexibility index (Phi) is 4.66.